The van der Waals surface area contributed by atoms with Gasteiger partial charge in [0.05, 0.1) is 0 Å². The molecule has 1 saturated heterocycles. The van der Waals surface area contributed by atoms with Gasteiger partial charge in [-0.15, -0.1) is 0 Å². The van der Waals surface area contributed by atoms with Crippen molar-refractivity contribution >= 4 is 0 Å². The molecule has 88 valence electrons. The standard InChI is InChI=1S/C12H25N3/c13-9-12(10-14)5-7-15(8-6-12)11-3-1-2-4-11/h11H,1-10,13-14H2. The SMILES string of the molecule is NCC1(CN)CCN(C2CCCC2)CC1. The van der Waals surface area contributed by atoms with E-state index in [2.05, 4.69) is 4.90 Å². The Kier molecular flexibility index (Phi) is 3.65. The molecule has 1 aliphatic carbocycles. The van der Waals surface area contributed by atoms with Crippen LogP contribution in [0.2, 0.25) is 0 Å². The smallest absolute Gasteiger partial charge is 0.00952 e. The average Bonchev–Trinajstić information content (AvgIpc) is 2.83. The second-order valence-electron chi connectivity index (χ2n) is 5.38. The third-order valence-corrected chi connectivity index (χ3v) is 4.57. The molecule has 0 aromatic rings. The molecule has 0 bridgehead atoms. The zero-order valence-corrected chi connectivity index (χ0v) is 9.75. The first-order valence-electron chi connectivity index (χ1n) is 6.44. The van der Waals surface area contributed by atoms with E-state index in [1.807, 2.05) is 0 Å². The zero-order valence-electron chi connectivity index (χ0n) is 9.75. The van der Waals surface area contributed by atoms with Crippen LogP contribution in [0.4, 0.5) is 0 Å². The van der Waals surface area contributed by atoms with Crippen LogP contribution in [0.3, 0.4) is 0 Å². The van der Waals surface area contributed by atoms with E-state index >= 15 is 0 Å². The van der Waals surface area contributed by atoms with Gasteiger partial charge in [-0.1, -0.05) is 12.8 Å². The summed E-state index contributed by atoms with van der Waals surface area (Å²) >= 11 is 0. The highest BCUT2D eigenvalue weighted by Gasteiger charge is 2.34. The maximum Gasteiger partial charge on any atom is 0.00952 e. The van der Waals surface area contributed by atoms with Crippen molar-refractivity contribution in [3.63, 3.8) is 0 Å². The van der Waals surface area contributed by atoms with Crippen molar-refractivity contribution in [2.75, 3.05) is 26.2 Å². The van der Waals surface area contributed by atoms with Gasteiger partial charge in [-0.25, -0.2) is 0 Å². The van der Waals surface area contributed by atoms with Gasteiger partial charge in [-0.3, -0.25) is 0 Å². The van der Waals surface area contributed by atoms with Crippen LogP contribution in [0, 0.1) is 5.41 Å². The number of nitrogens with zero attached hydrogens (tertiary/aromatic N) is 1. The van der Waals surface area contributed by atoms with E-state index in [1.165, 1.54) is 51.6 Å². The van der Waals surface area contributed by atoms with E-state index in [-0.39, 0.29) is 5.41 Å². The Morgan fingerprint density at radius 1 is 1.00 bits per heavy atom. The molecule has 0 aromatic heterocycles. The summed E-state index contributed by atoms with van der Waals surface area (Å²) in [6, 6.07) is 0.874. The third kappa shape index (κ3) is 2.35. The van der Waals surface area contributed by atoms with E-state index in [4.69, 9.17) is 11.5 Å². The number of likely N-dealkylation sites (tertiary alicyclic amines) is 1. The number of hydrogen-bond acceptors (Lipinski definition) is 3. The molecule has 3 heteroatoms. The van der Waals surface area contributed by atoms with Gasteiger partial charge < -0.3 is 16.4 Å². The average molecular weight is 211 g/mol. The van der Waals surface area contributed by atoms with E-state index in [9.17, 15) is 0 Å². The van der Waals surface area contributed by atoms with Crippen LogP contribution < -0.4 is 11.5 Å². The summed E-state index contributed by atoms with van der Waals surface area (Å²) in [6.07, 6.45) is 8.10. The summed E-state index contributed by atoms with van der Waals surface area (Å²) in [7, 11) is 0. The minimum absolute atomic E-state index is 0.259. The summed E-state index contributed by atoms with van der Waals surface area (Å²) in [4.78, 5) is 2.68. The molecular weight excluding hydrogens is 186 g/mol. The number of rotatable bonds is 3. The molecule has 2 fully saturated rings. The highest BCUT2D eigenvalue weighted by Crippen LogP contribution is 2.33. The van der Waals surface area contributed by atoms with Crippen LogP contribution in [0.15, 0.2) is 0 Å². The lowest BCUT2D eigenvalue weighted by molar-refractivity contribution is 0.0837. The van der Waals surface area contributed by atoms with Gasteiger partial charge in [-0.05, 0) is 57.3 Å². The molecule has 0 amide bonds. The van der Waals surface area contributed by atoms with Gasteiger partial charge in [-0.2, -0.15) is 0 Å². The Morgan fingerprint density at radius 2 is 1.53 bits per heavy atom. The van der Waals surface area contributed by atoms with Crippen LogP contribution in [0.5, 0.6) is 0 Å². The van der Waals surface area contributed by atoms with Crippen molar-refractivity contribution in [3.8, 4) is 0 Å². The fourth-order valence-electron chi connectivity index (χ4n) is 3.12. The minimum atomic E-state index is 0.259. The minimum Gasteiger partial charge on any atom is -0.330 e. The maximum atomic E-state index is 5.85. The van der Waals surface area contributed by atoms with Gasteiger partial charge in [0.15, 0.2) is 0 Å². The summed E-state index contributed by atoms with van der Waals surface area (Å²) < 4.78 is 0. The fraction of sp³-hybridized carbons (Fsp3) is 1.00. The van der Waals surface area contributed by atoms with E-state index in [1.54, 1.807) is 0 Å². The topological polar surface area (TPSA) is 55.3 Å². The van der Waals surface area contributed by atoms with Crippen LogP contribution >= 0.6 is 0 Å². The Hall–Kier alpha value is -0.120. The van der Waals surface area contributed by atoms with E-state index < -0.39 is 0 Å². The van der Waals surface area contributed by atoms with Crippen molar-refractivity contribution in [2.24, 2.45) is 16.9 Å². The highest BCUT2D eigenvalue weighted by molar-refractivity contribution is 4.90. The van der Waals surface area contributed by atoms with Crippen LogP contribution in [-0.4, -0.2) is 37.1 Å². The lowest BCUT2D eigenvalue weighted by atomic mass is 9.78. The first-order valence-corrected chi connectivity index (χ1v) is 6.44. The number of hydrogen-bond donors (Lipinski definition) is 2. The predicted molar refractivity (Wildman–Crippen MR) is 63.6 cm³/mol. The molecule has 0 aromatic carbocycles. The van der Waals surface area contributed by atoms with Crippen molar-refractivity contribution in [1.29, 1.82) is 0 Å². The second kappa shape index (κ2) is 4.81. The van der Waals surface area contributed by atoms with Crippen LogP contribution in [0.25, 0.3) is 0 Å². The van der Waals surface area contributed by atoms with Gasteiger partial charge in [0.1, 0.15) is 0 Å². The Bertz CT molecular complexity index is 185. The molecule has 3 nitrogen and oxygen atoms in total. The molecule has 0 spiro atoms. The second-order valence-corrected chi connectivity index (χ2v) is 5.38. The number of piperidine rings is 1. The Balaban J connectivity index is 1.85. The Morgan fingerprint density at radius 3 is 2.00 bits per heavy atom. The molecule has 1 heterocycles. The summed E-state index contributed by atoms with van der Waals surface area (Å²) in [5.41, 5.74) is 12.0. The predicted octanol–water partition coefficient (Wildman–Crippen LogP) is 0.929. The molecule has 2 aliphatic rings. The van der Waals surface area contributed by atoms with E-state index in [0.29, 0.717) is 0 Å². The molecular formula is C12H25N3. The summed E-state index contributed by atoms with van der Waals surface area (Å²) in [6.45, 7) is 3.97. The van der Waals surface area contributed by atoms with Crippen molar-refractivity contribution in [1.82, 2.24) is 4.90 Å². The molecule has 1 aliphatic heterocycles. The number of nitrogens with two attached hydrogens (primary N) is 2. The van der Waals surface area contributed by atoms with Crippen LogP contribution in [-0.2, 0) is 0 Å². The van der Waals surface area contributed by atoms with Gasteiger partial charge in [0, 0.05) is 6.04 Å². The molecule has 15 heavy (non-hydrogen) atoms. The first kappa shape index (κ1) is 11.4. The Labute approximate surface area is 93.2 Å². The molecule has 4 N–H and O–H groups in total. The van der Waals surface area contributed by atoms with Crippen molar-refractivity contribution in [2.45, 2.75) is 44.6 Å². The van der Waals surface area contributed by atoms with Crippen molar-refractivity contribution < 1.29 is 0 Å². The quantitative estimate of drug-likeness (QED) is 0.730. The van der Waals surface area contributed by atoms with E-state index in [0.717, 1.165) is 19.1 Å². The molecule has 0 unspecified atom stereocenters. The normalized spacial score (nSPS) is 28.4. The fourth-order valence-corrected chi connectivity index (χ4v) is 3.12. The molecule has 0 radical (unpaired) electrons. The zero-order chi connectivity index (χ0) is 10.7. The van der Waals surface area contributed by atoms with Crippen LogP contribution in [0.1, 0.15) is 38.5 Å². The van der Waals surface area contributed by atoms with Gasteiger partial charge >= 0.3 is 0 Å². The lowest BCUT2D eigenvalue weighted by Gasteiger charge is -2.42. The van der Waals surface area contributed by atoms with Crippen molar-refractivity contribution in [3.05, 3.63) is 0 Å². The largest absolute Gasteiger partial charge is 0.330 e. The monoisotopic (exact) mass is 211 g/mol. The molecule has 0 atom stereocenters. The first-order chi connectivity index (χ1) is 7.29. The molecule has 2 rings (SSSR count). The lowest BCUT2D eigenvalue weighted by Crippen LogP contribution is -2.50. The maximum absolute atomic E-state index is 5.85. The third-order valence-electron chi connectivity index (χ3n) is 4.57. The highest BCUT2D eigenvalue weighted by atomic mass is 15.2. The van der Waals surface area contributed by atoms with Gasteiger partial charge in [0.2, 0.25) is 0 Å². The summed E-state index contributed by atoms with van der Waals surface area (Å²) in [5.74, 6) is 0. The summed E-state index contributed by atoms with van der Waals surface area (Å²) in [5, 5.41) is 0. The molecule has 1 saturated carbocycles. The van der Waals surface area contributed by atoms with Gasteiger partial charge in [0.25, 0.3) is 0 Å².